The van der Waals surface area contributed by atoms with E-state index >= 15 is 0 Å². The lowest BCUT2D eigenvalue weighted by Crippen LogP contribution is -2.13. The van der Waals surface area contributed by atoms with Crippen molar-refractivity contribution >= 4 is 28.7 Å². The zero-order chi connectivity index (χ0) is 23.9. The van der Waals surface area contributed by atoms with Crippen molar-refractivity contribution < 1.29 is 14.2 Å². The molecule has 1 unspecified atom stereocenters. The van der Waals surface area contributed by atoms with Gasteiger partial charge in [-0.3, -0.25) is 0 Å². The summed E-state index contributed by atoms with van der Waals surface area (Å²) in [6.07, 6.45) is 4.61. The molecule has 1 atom stereocenters. The first-order chi connectivity index (χ1) is 16.6. The van der Waals surface area contributed by atoms with Crippen LogP contribution < -0.4 is 14.2 Å². The standard InChI is InChI=1S/C28H29ClN2O3/c1-4-8-21-11-16-26(27(19-21)32-3)33-18-7-17-31-25-10-6-5-9-24(25)30-28(31)20(2)34-23-14-12-22(29)13-15-23/h4-6,8-16,19-20H,7,17-18H2,1-3H3/b8-4+. The fourth-order valence-electron chi connectivity index (χ4n) is 3.91. The second-order valence-corrected chi connectivity index (χ2v) is 8.37. The number of methoxy groups -OCH3 is 1. The van der Waals surface area contributed by atoms with E-state index in [2.05, 4.69) is 10.6 Å². The summed E-state index contributed by atoms with van der Waals surface area (Å²) in [5, 5.41) is 0.681. The average molecular weight is 477 g/mol. The molecule has 34 heavy (non-hydrogen) atoms. The average Bonchev–Trinajstić information content (AvgIpc) is 3.23. The molecule has 0 bridgehead atoms. The summed E-state index contributed by atoms with van der Waals surface area (Å²) >= 11 is 6.01. The van der Waals surface area contributed by atoms with Gasteiger partial charge in [-0.1, -0.05) is 42.0 Å². The van der Waals surface area contributed by atoms with Crippen molar-refractivity contribution in [3.05, 3.63) is 89.2 Å². The van der Waals surface area contributed by atoms with Gasteiger partial charge in [-0.15, -0.1) is 0 Å². The number of halogens is 1. The first kappa shape index (κ1) is 23.7. The number of ether oxygens (including phenoxy) is 3. The Morgan fingerprint density at radius 2 is 1.82 bits per heavy atom. The maximum Gasteiger partial charge on any atom is 0.161 e. The van der Waals surface area contributed by atoms with Gasteiger partial charge in [0.1, 0.15) is 5.75 Å². The van der Waals surface area contributed by atoms with E-state index in [0.29, 0.717) is 11.6 Å². The predicted octanol–water partition coefficient (Wildman–Crippen LogP) is 7.34. The molecule has 0 fully saturated rings. The second-order valence-electron chi connectivity index (χ2n) is 7.94. The molecule has 0 aliphatic rings. The van der Waals surface area contributed by atoms with Gasteiger partial charge in [0, 0.05) is 11.6 Å². The maximum atomic E-state index is 6.17. The molecule has 0 aliphatic carbocycles. The van der Waals surface area contributed by atoms with Crippen molar-refractivity contribution in [1.82, 2.24) is 9.55 Å². The topological polar surface area (TPSA) is 45.5 Å². The molecule has 4 rings (SSSR count). The molecule has 4 aromatic rings. The van der Waals surface area contributed by atoms with Crippen LogP contribution in [0.3, 0.4) is 0 Å². The zero-order valence-corrected chi connectivity index (χ0v) is 20.5. The lowest BCUT2D eigenvalue weighted by Gasteiger charge is -2.17. The number of aryl methyl sites for hydroxylation is 1. The smallest absolute Gasteiger partial charge is 0.161 e. The number of imidazole rings is 1. The number of hydrogen-bond acceptors (Lipinski definition) is 4. The van der Waals surface area contributed by atoms with Crippen molar-refractivity contribution in [1.29, 1.82) is 0 Å². The van der Waals surface area contributed by atoms with Gasteiger partial charge in [0.2, 0.25) is 0 Å². The number of fused-ring (bicyclic) bond motifs is 1. The fourth-order valence-corrected chi connectivity index (χ4v) is 4.04. The molecule has 0 saturated heterocycles. The van der Waals surface area contributed by atoms with Gasteiger partial charge in [-0.25, -0.2) is 4.98 Å². The van der Waals surface area contributed by atoms with Gasteiger partial charge in [-0.05, 0) is 74.4 Å². The first-order valence-corrected chi connectivity index (χ1v) is 11.8. The quantitative estimate of drug-likeness (QED) is 0.224. The molecule has 0 spiro atoms. The predicted molar refractivity (Wildman–Crippen MR) is 138 cm³/mol. The molecule has 6 heteroatoms. The van der Waals surface area contributed by atoms with Gasteiger partial charge in [-0.2, -0.15) is 0 Å². The van der Waals surface area contributed by atoms with Crippen LogP contribution in [0.15, 0.2) is 72.8 Å². The molecule has 5 nitrogen and oxygen atoms in total. The van der Waals surface area contributed by atoms with Crippen molar-refractivity contribution in [2.45, 2.75) is 32.9 Å². The molecular formula is C28H29ClN2O3. The third-order valence-electron chi connectivity index (χ3n) is 5.50. The highest BCUT2D eigenvalue weighted by atomic mass is 35.5. The van der Waals surface area contributed by atoms with Crippen LogP contribution >= 0.6 is 11.6 Å². The minimum Gasteiger partial charge on any atom is -0.493 e. The van der Waals surface area contributed by atoms with Crippen LogP contribution in [0.5, 0.6) is 17.2 Å². The molecule has 3 aromatic carbocycles. The van der Waals surface area contributed by atoms with E-state index in [1.165, 1.54) is 0 Å². The van der Waals surface area contributed by atoms with E-state index in [9.17, 15) is 0 Å². The molecular weight excluding hydrogens is 448 g/mol. The Bertz CT molecular complexity index is 1260. The fraction of sp³-hybridized carbons (Fsp3) is 0.250. The van der Waals surface area contributed by atoms with Crippen LogP contribution in [0.2, 0.25) is 5.02 Å². The van der Waals surface area contributed by atoms with Gasteiger partial charge in [0.15, 0.2) is 23.4 Å². The maximum absolute atomic E-state index is 6.17. The van der Waals surface area contributed by atoms with Crippen LogP contribution in [0.4, 0.5) is 0 Å². The minimum atomic E-state index is -0.228. The summed E-state index contributed by atoms with van der Waals surface area (Å²) in [6, 6.07) is 21.5. The summed E-state index contributed by atoms with van der Waals surface area (Å²) in [5.41, 5.74) is 3.11. The number of allylic oxidation sites excluding steroid dienone is 1. The highest BCUT2D eigenvalue weighted by molar-refractivity contribution is 6.30. The molecule has 0 amide bonds. The van der Waals surface area contributed by atoms with E-state index < -0.39 is 0 Å². The van der Waals surface area contributed by atoms with Gasteiger partial charge < -0.3 is 18.8 Å². The Kier molecular flexibility index (Phi) is 7.76. The number of nitrogens with zero attached hydrogens (tertiary/aromatic N) is 2. The summed E-state index contributed by atoms with van der Waals surface area (Å²) < 4.78 is 19.9. The molecule has 0 radical (unpaired) electrons. The third kappa shape index (κ3) is 5.54. The van der Waals surface area contributed by atoms with E-state index in [1.54, 1.807) is 7.11 Å². The van der Waals surface area contributed by atoms with Crippen molar-refractivity contribution in [3.8, 4) is 17.2 Å². The van der Waals surface area contributed by atoms with Crippen LogP contribution in [-0.2, 0) is 6.54 Å². The van der Waals surface area contributed by atoms with Crippen molar-refractivity contribution in [2.24, 2.45) is 0 Å². The largest absolute Gasteiger partial charge is 0.493 e. The number of benzene rings is 3. The Labute approximate surface area is 205 Å². The highest BCUT2D eigenvalue weighted by Gasteiger charge is 2.18. The second kappa shape index (κ2) is 11.1. The summed E-state index contributed by atoms with van der Waals surface area (Å²) in [4.78, 5) is 4.86. The summed E-state index contributed by atoms with van der Waals surface area (Å²) in [5.74, 6) is 3.11. The number of rotatable bonds is 10. The van der Waals surface area contributed by atoms with Crippen molar-refractivity contribution in [3.63, 3.8) is 0 Å². The minimum absolute atomic E-state index is 0.228. The third-order valence-corrected chi connectivity index (χ3v) is 5.76. The Morgan fingerprint density at radius 3 is 2.59 bits per heavy atom. The van der Waals surface area contributed by atoms with E-state index in [4.69, 9.17) is 30.8 Å². The monoisotopic (exact) mass is 476 g/mol. The molecule has 0 N–H and O–H groups in total. The molecule has 1 heterocycles. The SMILES string of the molecule is C/C=C/c1ccc(OCCCn2c(C(C)Oc3ccc(Cl)cc3)nc3ccccc32)c(OC)c1. The van der Waals surface area contributed by atoms with Crippen LogP contribution in [-0.4, -0.2) is 23.3 Å². The molecule has 0 saturated carbocycles. The molecule has 1 aromatic heterocycles. The lowest BCUT2D eigenvalue weighted by atomic mass is 10.2. The van der Waals surface area contributed by atoms with E-state index in [-0.39, 0.29) is 6.10 Å². The molecule has 176 valence electrons. The number of para-hydroxylation sites is 2. The lowest BCUT2D eigenvalue weighted by molar-refractivity contribution is 0.209. The van der Waals surface area contributed by atoms with E-state index in [1.807, 2.05) is 86.7 Å². The van der Waals surface area contributed by atoms with Crippen molar-refractivity contribution in [2.75, 3.05) is 13.7 Å². The highest BCUT2D eigenvalue weighted by Crippen LogP contribution is 2.29. The van der Waals surface area contributed by atoms with Crippen LogP contribution in [0, 0.1) is 0 Å². The summed E-state index contributed by atoms with van der Waals surface area (Å²) in [7, 11) is 1.66. The summed E-state index contributed by atoms with van der Waals surface area (Å²) in [6.45, 7) is 5.31. The van der Waals surface area contributed by atoms with Crippen LogP contribution in [0.1, 0.15) is 37.8 Å². The van der Waals surface area contributed by atoms with Gasteiger partial charge in [0.25, 0.3) is 0 Å². The normalized spacial score (nSPS) is 12.2. The Hall–Kier alpha value is -3.44. The number of aromatic nitrogens is 2. The Morgan fingerprint density at radius 1 is 1.03 bits per heavy atom. The number of hydrogen-bond donors (Lipinski definition) is 0. The zero-order valence-electron chi connectivity index (χ0n) is 19.7. The van der Waals surface area contributed by atoms with Gasteiger partial charge >= 0.3 is 0 Å². The van der Waals surface area contributed by atoms with E-state index in [0.717, 1.165) is 52.6 Å². The van der Waals surface area contributed by atoms with Crippen LogP contribution in [0.25, 0.3) is 17.1 Å². The molecule has 0 aliphatic heterocycles. The van der Waals surface area contributed by atoms with Gasteiger partial charge in [0.05, 0.1) is 24.8 Å². The Balaban J connectivity index is 1.47. The first-order valence-electron chi connectivity index (χ1n) is 11.4.